The number of aliphatic hydroxyl groups is 1. The molecule has 0 spiro atoms. The molecule has 1 aromatic heterocycles. The van der Waals surface area contributed by atoms with Crippen molar-refractivity contribution in [1.29, 1.82) is 0 Å². The number of fused-ring (bicyclic) bond motifs is 1. The summed E-state index contributed by atoms with van der Waals surface area (Å²) in [7, 11) is 0. The lowest BCUT2D eigenvalue weighted by atomic mass is 9.61. The zero-order chi connectivity index (χ0) is 18.2. The Bertz CT molecular complexity index is 899. The lowest BCUT2D eigenvalue weighted by molar-refractivity contribution is -0.174. The lowest BCUT2D eigenvalue weighted by Gasteiger charge is -2.59. The molecule has 3 saturated carbocycles. The van der Waals surface area contributed by atoms with Crippen molar-refractivity contribution in [1.82, 2.24) is 15.1 Å². The fraction of sp³-hybridized carbons (Fsp3) is 0.636. The Morgan fingerprint density at radius 2 is 2.00 bits per heavy atom. The molecular weight excluding hydrogens is 338 g/mol. The minimum atomic E-state index is -0.494. The highest BCUT2D eigenvalue weighted by atomic mass is 16.3. The Morgan fingerprint density at radius 1 is 1.22 bits per heavy atom. The molecule has 4 bridgehead atoms. The van der Waals surface area contributed by atoms with E-state index in [1.807, 2.05) is 0 Å². The molecule has 3 aliphatic carbocycles. The number of benzene rings is 1. The number of hydrogen-bond donors (Lipinski definition) is 2. The van der Waals surface area contributed by atoms with Gasteiger partial charge in [-0.05, 0) is 74.8 Å². The first-order valence-corrected chi connectivity index (χ1v) is 10.6. The van der Waals surface area contributed by atoms with Gasteiger partial charge in [-0.2, -0.15) is 5.10 Å². The molecule has 0 radical (unpaired) electrons. The van der Waals surface area contributed by atoms with Crippen molar-refractivity contribution in [3.8, 4) is 0 Å². The summed E-state index contributed by atoms with van der Waals surface area (Å²) in [6.07, 6.45) is 8.48. The smallest absolute Gasteiger partial charge is 0.223 e. The Labute approximate surface area is 159 Å². The Morgan fingerprint density at radius 3 is 2.70 bits per heavy atom. The van der Waals surface area contributed by atoms with E-state index in [1.165, 1.54) is 23.8 Å². The van der Waals surface area contributed by atoms with Crippen molar-refractivity contribution in [2.75, 3.05) is 0 Å². The molecule has 4 atom stereocenters. The number of nitrogens with one attached hydrogen (secondary N) is 1. The molecule has 2 N–H and O–H groups in total. The number of aromatic nitrogens is 2. The standard InChI is InChI=1S/C22H27N3O2/c26-20(25-15-8-13-9-16(25)12-22(27,10-13)11-15)7-6-19-21-17(14-4-5-14)2-1-3-18(21)23-24-19/h1-3,13-16,27H,4-12H2,(H,23,24)/t13?,15-,16?,22?/m0/s1. The van der Waals surface area contributed by atoms with Crippen LogP contribution in [-0.4, -0.2) is 43.8 Å². The molecule has 2 saturated heterocycles. The van der Waals surface area contributed by atoms with Crippen LogP contribution >= 0.6 is 0 Å². The third-order valence-corrected chi connectivity index (χ3v) is 7.48. The average Bonchev–Trinajstić information content (AvgIpc) is 3.38. The van der Waals surface area contributed by atoms with E-state index in [0.717, 1.165) is 49.7 Å². The molecule has 2 aromatic rings. The van der Waals surface area contributed by atoms with Crippen LogP contribution in [0.2, 0.25) is 0 Å². The Kier molecular flexibility index (Phi) is 3.32. The first-order chi connectivity index (χ1) is 13.1. The normalized spacial score (nSPS) is 34.6. The van der Waals surface area contributed by atoms with E-state index in [2.05, 4.69) is 33.3 Å². The van der Waals surface area contributed by atoms with Crippen molar-refractivity contribution in [2.45, 2.75) is 81.4 Å². The van der Waals surface area contributed by atoms with Gasteiger partial charge in [0.1, 0.15) is 0 Å². The highest BCUT2D eigenvalue weighted by molar-refractivity contribution is 5.86. The predicted octanol–water partition coefficient (Wildman–Crippen LogP) is 3.28. The fourth-order valence-electron chi connectivity index (χ4n) is 6.43. The number of rotatable bonds is 4. The summed E-state index contributed by atoms with van der Waals surface area (Å²) >= 11 is 0. The summed E-state index contributed by atoms with van der Waals surface area (Å²) in [5, 5.41) is 19.7. The van der Waals surface area contributed by atoms with Gasteiger partial charge in [-0.15, -0.1) is 0 Å². The summed E-state index contributed by atoms with van der Waals surface area (Å²) < 4.78 is 0. The van der Waals surface area contributed by atoms with Gasteiger partial charge in [0.05, 0.1) is 11.1 Å². The molecule has 5 fully saturated rings. The molecule has 27 heavy (non-hydrogen) atoms. The number of H-pyrrole nitrogens is 1. The number of hydrogen-bond acceptors (Lipinski definition) is 3. The number of amides is 1. The SMILES string of the molecule is O=C(CCc1[nH]nc2cccc(C3CC3)c12)N1C2CC3C[C@H]1CC(O)(C3)C2. The summed E-state index contributed by atoms with van der Waals surface area (Å²) in [5.41, 5.74) is 3.05. The lowest BCUT2D eigenvalue weighted by Crippen LogP contribution is -2.65. The van der Waals surface area contributed by atoms with Crippen molar-refractivity contribution in [3.05, 3.63) is 29.5 Å². The molecule has 1 amide bonds. The number of aryl methyl sites for hydroxylation is 1. The molecular formula is C22H27N3O2. The predicted molar refractivity (Wildman–Crippen MR) is 102 cm³/mol. The Hall–Kier alpha value is -1.88. The highest BCUT2D eigenvalue weighted by Gasteiger charge is 2.54. The van der Waals surface area contributed by atoms with Crippen LogP contribution in [0.15, 0.2) is 18.2 Å². The van der Waals surface area contributed by atoms with Crippen molar-refractivity contribution >= 4 is 16.8 Å². The van der Waals surface area contributed by atoms with Gasteiger partial charge in [-0.3, -0.25) is 9.89 Å². The second-order valence-electron chi connectivity index (χ2n) is 9.50. The van der Waals surface area contributed by atoms with E-state index in [0.29, 0.717) is 18.3 Å². The molecule has 142 valence electrons. The van der Waals surface area contributed by atoms with Crippen LogP contribution in [0.1, 0.15) is 68.5 Å². The number of piperidine rings is 2. The van der Waals surface area contributed by atoms with Gasteiger partial charge >= 0.3 is 0 Å². The first kappa shape index (κ1) is 16.1. The molecule has 5 nitrogen and oxygen atoms in total. The van der Waals surface area contributed by atoms with E-state index in [-0.39, 0.29) is 18.0 Å². The van der Waals surface area contributed by atoms with Crippen LogP contribution in [0.4, 0.5) is 0 Å². The average molecular weight is 365 g/mol. The largest absolute Gasteiger partial charge is 0.390 e. The maximum absolute atomic E-state index is 13.1. The van der Waals surface area contributed by atoms with Crippen molar-refractivity contribution in [2.24, 2.45) is 5.92 Å². The first-order valence-electron chi connectivity index (χ1n) is 10.6. The van der Waals surface area contributed by atoms with Gasteiger partial charge < -0.3 is 10.0 Å². The molecule has 5 heteroatoms. The van der Waals surface area contributed by atoms with Gasteiger partial charge in [0.25, 0.3) is 0 Å². The molecule has 1 aromatic carbocycles. The molecule has 2 aliphatic heterocycles. The van der Waals surface area contributed by atoms with E-state index >= 15 is 0 Å². The van der Waals surface area contributed by atoms with Gasteiger partial charge in [0.15, 0.2) is 0 Å². The van der Waals surface area contributed by atoms with E-state index in [4.69, 9.17) is 0 Å². The van der Waals surface area contributed by atoms with Crippen molar-refractivity contribution in [3.63, 3.8) is 0 Å². The highest BCUT2D eigenvalue weighted by Crippen LogP contribution is 2.51. The van der Waals surface area contributed by atoms with Crippen LogP contribution in [-0.2, 0) is 11.2 Å². The van der Waals surface area contributed by atoms with Crippen LogP contribution in [0, 0.1) is 5.92 Å². The van der Waals surface area contributed by atoms with Crippen LogP contribution in [0.5, 0.6) is 0 Å². The number of nitrogens with zero attached hydrogens (tertiary/aromatic N) is 2. The number of carbonyl (C=O) groups excluding carboxylic acids is 1. The maximum Gasteiger partial charge on any atom is 0.223 e. The quantitative estimate of drug-likeness (QED) is 0.874. The third-order valence-electron chi connectivity index (χ3n) is 7.48. The summed E-state index contributed by atoms with van der Waals surface area (Å²) in [6.45, 7) is 0. The maximum atomic E-state index is 13.1. The molecule has 5 aliphatic rings. The van der Waals surface area contributed by atoms with E-state index in [1.54, 1.807) is 0 Å². The van der Waals surface area contributed by atoms with Crippen molar-refractivity contribution < 1.29 is 9.90 Å². The van der Waals surface area contributed by atoms with E-state index < -0.39 is 5.60 Å². The molecule has 3 unspecified atom stereocenters. The summed E-state index contributed by atoms with van der Waals surface area (Å²) in [6, 6.07) is 6.90. The zero-order valence-corrected chi connectivity index (χ0v) is 15.7. The van der Waals surface area contributed by atoms with Gasteiger partial charge in [0.2, 0.25) is 5.91 Å². The van der Waals surface area contributed by atoms with E-state index in [9.17, 15) is 9.90 Å². The van der Waals surface area contributed by atoms with Crippen LogP contribution in [0.3, 0.4) is 0 Å². The van der Waals surface area contributed by atoms with Crippen LogP contribution in [0.25, 0.3) is 10.9 Å². The molecule has 3 heterocycles. The third kappa shape index (κ3) is 2.54. The number of carbonyl (C=O) groups is 1. The number of aromatic amines is 1. The van der Waals surface area contributed by atoms with Gasteiger partial charge in [-0.1, -0.05) is 12.1 Å². The molecule has 7 rings (SSSR count). The fourth-order valence-corrected chi connectivity index (χ4v) is 6.43. The monoisotopic (exact) mass is 365 g/mol. The topological polar surface area (TPSA) is 69.2 Å². The zero-order valence-electron chi connectivity index (χ0n) is 15.7. The second kappa shape index (κ2) is 5.57. The van der Waals surface area contributed by atoms with Crippen LogP contribution < -0.4 is 0 Å². The van der Waals surface area contributed by atoms with Gasteiger partial charge in [0, 0.05) is 29.6 Å². The minimum absolute atomic E-state index is 0.259. The summed E-state index contributed by atoms with van der Waals surface area (Å²) in [5.74, 6) is 1.56. The summed E-state index contributed by atoms with van der Waals surface area (Å²) in [4.78, 5) is 15.3. The minimum Gasteiger partial charge on any atom is -0.390 e. The second-order valence-corrected chi connectivity index (χ2v) is 9.50. The van der Waals surface area contributed by atoms with Gasteiger partial charge in [-0.25, -0.2) is 0 Å². The Balaban J connectivity index is 1.21.